The molecule has 0 spiro atoms. The van der Waals surface area contributed by atoms with Crippen LogP contribution in [0.5, 0.6) is 5.75 Å². The molecule has 1 aromatic heterocycles. The molecule has 1 amide bonds. The van der Waals surface area contributed by atoms with E-state index in [1.54, 1.807) is 17.3 Å². The van der Waals surface area contributed by atoms with Gasteiger partial charge < -0.3 is 9.64 Å². The second-order valence-corrected chi connectivity index (χ2v) is 6.68. The Hall–Kier alpha value is -3.59. The van der Waals surface area contributed by atoms with Crippen LogP contribution in [0.15, 0.2) is 54.9 Å². The zero-order valence-corrected chi connectivity index (χ0v) is 15.6. The fourth-order valence-corrected chi connectivity index (χ4v) is 3.67. The summed E-state index contributed by atoms with van der Waals surface area (Å²) in [7, 11) is 0. The predicted octanol–water partition coefficient (Wildman–Crippen LogP) is 4.09. The molecule has 0 saturated heterocycles. The van der Waals surface area contributed by atoms with E-state index < -0.39 is 0 Å². The third-order valence-corrected chi connectivity index (χ3v) is 4.96. The molecule has 28 heavy (non-hydrogen) atoms. The smallest absolute Gasteiger partial charge is 0.255 e. The van der Waals surface area contributed by atoms with Gasteiger partial charge in [0, 0.05) is 23.9 Å². The van der Waals surface area contributed by atoms with E-state index in [0.717, 1.165) is 28.0 Å². The topological polar surface area (TPSA) is 82.0 Å². The maximum atomic E-state index is 13.2. The minimum absolute atomic E-state index is 0.0533. The number of ether oxygens (including phenoxy) is 1. The summed E-state index contributed by atoms with van der Waals surface area (Å²) >= 11 is 0. The van der Waals surface area contributed by atoms with Crippen LogP contribution in [0.2, 0.25) is 0 Å². The Morgan fingerprint density at radius 3 is 2.89 bits per heavy atom. The summed E-state index contributed by atoms with van der Waals surface area (Å²) in [6.45, 7) is 2.96. The van der Waals surface area contributed by atoms with Crippen molar-refractivity contribution in [2.45, 2.75) is 25.9 Å². The van der Waals surface area contributed by atoms with Gasteiger partial charge in [-0.3, -0.25) is 9.89 Å². The highest BCUT2D eigenvalue weighted by atomic mass is 16.5. The van der Waals surface area contributed by atoms with Crippen molar-refractivity contribution in [3.05, 3.63) is 71.5 Å². The normalized spacial score (nSPS) is 15.4. The minimum atomic E-state index is -0.248. The van der Waals surface area contributed by atoms with Gasteiger partial charge in [-0.05, 0) is 41.8 Å². The van der Waals surface area contributed by atoms with E-state index in [2.05, 4.69) is 16.3 Å². The molecule has 0 radical (unpaired) electrons. The van der Waals surface area contributed by atoms with Crippen molar-refractivity contribution >= 4 is 5.91 Å². The molecular formula is C22H20N4O2. The second-order valence-electron chi connectivity index (χ2n) is 6.68. The van der Waals surface area contributed by atoms with Crippen LogP contribution in [0.25, 0.3) is 11.1 Å². The lowest BCUT2D eigenvalue weighted by Crippen LogP contribution is -2.27. The number of nitriles is 1. The molecule has 1 aliphatic rings. The molecule has 1 aliphatic heterocycles. The van der Waals surface area contributed by atoms with Crippen molar-refractivity contribution in [3.63, 3.8) is 0 Å². The number of hydrogen-bond acceptors (Lipinski definition) is 4. The number of nitrogens with zero attached hydrogens (tertiary/aromatic N) is 3. The average molecular weight is 372 g/mol. The van der Waals surface area contributed by atoms with E-state index in [1.165, 1.54) is 0 Å². The molecule has 6 nitrogen and oxygen atoms in total. The number of hydrogen-bond donors (Lipinski definition) is 1. The summed E-state index contributed by atoms with van der Waals surface area (Å²) in [5.41, 5.74) is 4.39. The number of carbonyl (C=O) groups excluding carboxylic acids is 1. The number of aromatic amines is 1. The predicted molar refractivity (Wildman–Crippen MR) is 104 cm³/mol. The Bertz CT molecular complexity index is 1040. The van der Waals surface area contributed by atoms with Gasteiger partial charge in [0.1, 0.15) is 5.75 Å². The molecule has 0 aliphatic carbocycles. The summed E-state index contributed by atoms with van der Waals surface area (Å²) in [4.78, 5) is 15.0. The van der Waals surface area contributed by atoms with E-state index in [9.17, 15) is 10.1 Å². The minimum Gasteiger partial charge on any atom is -0.494 e. The van der Waals surface area contributed by atoms with Gasteiger partial charge in [0.2, 0.25) is 0 Å². The van der Waals surface area contributed by atoms with Crippen LogP contribution >= 0.6 is 0 Å². The summed E-state index contributed by atoms with van der Waals surface area (Å²) in [6.07, 6.45) is 3.78. The fourth-order valence-electron chi connectivity index (χ4n) is 3.67. The zero-order valence-electron chi connectivity index (χ0n) is 15.6. The molecule has 1 unspecified atom stereocenters. The van der Waals surface area contributed by atoms with Crippen molar-refractivity contribution < 1.29 is 9.53 Å². The van der Waals surface area contributed by atoms with Crippen LogP contribution in [0, 0.1) is 11.3 Å². The number of benzene rings is 2. The summed E-state index contributed by atoms with van der Waals surface area (Å²) < 4.78 is 5.57. The molecule has 3 aromatic rings. The lowest BCUT2D eigenvalue weighted by Gasteiger charge is -2.23. The van der Waals surface area contributed by atoms with E-state index in [4.69, 9.17) is 4.74 Å². The highest BCUT2D eigenvalue weighted by Crippen LogP contribution is 2.39. The fraction of sp³-hybridized carbons (Fsp3) is 0.227. The Kier molecular flexibility index (Phi) is 4.81. The summed E-state index contributed by atoms with van der Waals surface area (Å²) in [6, 6.07) is 15.5. The molecule has 2 aromatic carbocycles. The van der Waals surface area contributed by atoms with E-state index in [0.29, 0.717) is 18.7 Å². The lowest BCUT2D eigenvalue weighted by molar-refractivity contribution is 0.0712. The van der Waals surface area contributed by atoms with Crippen LogP contribution in [0.1, 0.15) is 40.9 Å². The number of H-pyrrole nitrogens is 1. The number of amides is 1. The van der Waals surface area contributed by atoms with E-state index >= 15 is 0 Å². The Morgan fingerprint density at radius 1 is 1.25 bits per heavy atom. The van der Waals surface area contributed by atoms with Crippen LogP contribution in [-0.4, -0.2) is 27.6 Å². The van der Waals surface area contributed by atoms with Gasteiger partial charge in [0.25, 0.3) is 5.91 Å². The summed E-state index contributed by atoms with van der Waals surface area (Å²) in [5, 5.41) is 16.1. The molecule has 1 N–H and O–H groups in total. The Balaban J connectivity index is 1.66. The zero-order chi connectivity index (χ0) is 19.5. The Labute approximate surface area is 163 Å². The quantitative estimate of drug-likeness (QED) is 0.707. The highest BCUT2D eigenvalue weighted by Gasteiger charge is 2.36. The standard InChI is InChI=1S/C22H20N4O2/c1-2-28-18-5-3-4-15(10-18)14-26-21(8-9-23)19-7-6-16(11-20(19)22(26)27)17-12-24-25-13-17/h3-7,10-13,21H,2,8,14H2,1H3,(H,24,25). The van der Waals surface area contributed by atoms with Crippen LogP contribution < -0.4 is 4.74 Å². The van der Waals surface area contributed by atoms with Crippen LogP contribution in [-0.2, 0) is 6.54 Å². The lowest BCUT2D eigenvalue weighted by atomic mass is 9.98. The van der Waals surface area contributed by atoms with E-state index in [-0.39, 0.29) is 18.4 Å². The molecule has 0 saturated carbocycles. The number of nitrogens with one attached hydrogen (secondary N) is 1. The van der Waals surface area contributed by atoms with Gasteiger partial charge in [-0.1, -0.05) is 24.3 Å². The highest BCUT2D eigenvalue weighted by molar-refractivity contribution is 6.00. The molecule has 4 rings (SSSR count). The largest absolute Gasteiger partial charge is 0.494 e. The van der Waals surface area contributed by atoms with Crippen LogP contribution in [0.3, 0.4) is 0 Å². The van der Waals surface area contributed by atoms with Gasteiger partial charge in [0.15, 0.2) is 0 Å². The first-order chi connectivity index (χ1) is 13.7. The van der Waals surface area contributed by atoms with Gasteiger partial charge in [-0.25, -0.2) is 0 Å². The first-order valence-electron chi connectivity index (χ1n) is 9.24. The maximum absolute atomic E-state index is 13.2. The first kappa shape index (κ1) is 17.8. The molecule has 2 heterocycles. The number of carbonyl (C=O) groups is 1. The molecule has 0 fully saturated rings. The number of aromatic nitrogens is 2. The van der Waals surface area contributed by atoms with Crippen molar-refractivity contribution in [3.8, 4) is 22.9 Å². The molecule has 1 atom stereocenters. The van der Waals surface area contributed by atoms with Crippen molar-refractivity contribution in [2.24, 2.45) is 0 Å². The monoisotopic (exact) mass is 372 g/mol. The summed E-state index contributed by atoms with van der Waals surface area (Å²) in [5.74, 6) is 0.727. The Morgan fingerprint density at radius 2 is 2.14 bits per heavy atom. The third kappa shape index (κ3) is 3.23. The second kappa shape index (κ2) is 7.57. The molecular weight excluding hydrogens is 352 g/mol. The molecule has 6 heteroatoms. The third-order valence-electron chi connectivity index (χ3n) is 4.96. The SMILES string of the molecule is CCOc1cccc(CN2C(=O)c3cc(-c4cn[nH]c4)ccc3C2CC#N)c1. The average Bonchev–Trinajstić information content (AvgIpc) is 3.32. The van der Waals surface area contributed by atoms with Gasteiger partial charge in [-0.15, -0.1) is 0 Å². The number of rotatable bonds is 6. The van der Waals surface area contributed by atoms with Crippen molar-refractivity contribution in [1.29, 1.82) is 5.26 Å². The van der Waals surface area contributed by atoms with Crippen molar-refractivity contribution in [1.82, 2.24) is 15.1 Å². The molecule has 140 valence electrons. The van der Waals surface area contributed by atoms with Crippen molar-refractivity contribution in [2.75, 3.05) is 6.61 Å². The first-order valence-corrected chi connectivity index (χ1v) is 9.24. The molecule has 0 bridgehead atoms. The number of fused-ring (bicyclic) bond motifs is 1. The van der Waals surface area contributed by atoms with E-state index in [1.807, 2.05) is 49.4 Å². The maximum Gasteiger partial charge on any atom is 0.255 e. The van der Waals surface area contributed by atoms with Crippen LogP contribution in [0.4, 0.5) is 0 Å². The van der Waals surface area contributed by atoms with Gasteiger partial charge >= 0.3 is 0 Å². The van der Waals surface area contributed by atoms with Gasteiger partial charge in [-0.2, -0.15) is 10.4 Å². The van der Waals surface area contributed by atoms with Gasteiger partial charge in [0.05, 0.1) is 31.3 Å².